The first-order valence-electron chi connectivity index (χ1n) is 13.9. The van der Waals surface area contributed by atoms with Gasteiger partial charge in [-0.25, -0.2) is 19.6 Å². The van der Waals surface area contributed by atoms with Gasteiger partial charge >= 0.3 is 12.1 Å². The van der Waals surface area contributed by atoms with E-state index in [-0.39, 0.29) is 11.6 Å². The van der Waals surface area contributed by atoms with Gasteiger partial charge in [0, 0.05) is 24.3 Å². The quantitative estimate of drug-likeness (QED) is 0.256. The highest BCUT2D eigenvalue weighted by atomic mass is 35.5. The number of nitrogens with zero attached hydrogens (tertiary/aromatic N) is 3. The van der Waals surface area contributed by atoms with Crippen molar-refractivity contribution in [3.8, 4) is 5.75 Å². The van der Waals surface area contributed by atoms with E-state index in [2.05, 4.69) is 15.2 Å². The van der Waals surface area contributed by atoms with Crippen molar-refractivity contribution >= 4 is 29.6 Å². The summed E-state index contributed by atoms with van der Waals surface area (Å²) in [6, 6.07) is 15.6. The Morgan fingerprint density at radius 1 is 1.10 bits per heavy atom. The van der Waals surface area contributed by atoms with Crippen LogP contribution in [0.2, 0.25) is 5.02 Å². The lowest BCUT2D eigenvalue weighted by molar-refractivity contribution is 0.0524. The molecule has 10 heteroatoms. The van der Waals surface area contributed by atoms with Crippen molar-refractivity contribution in [2.24, 2.45) is 0 Å². The topological polar surface area (TPSA) is 114 Å². The monoisotopic (exact) mass is 580 g/mol. The number of rotatable bonds is 11. The molecule has 1 fully saturated rings. The molecule has 0 spiro atoms. The Morgan fingerprint density at radius 2 is 1.83 bits per heavy atom. The van der Waals surface area contributed by atoms with E-state index in [1.807, 2.05) is 69.3 Å². The van der Waals surface area contributed by atoms with Crippen LogP contribution in [0.5, 0.6) is 5.75 Å². The van der Waals surface area contributed by atoms with Crippen molar-refractivity contribution in [2.45, 2.75) is 64.5 Å². The van der Waals surface area contributed by atoms with Gasteiger partial charge in [-0.3, -0.25) is 0 Å². The number of carbonyl (C=O) groups is 2. The van der Waals surface area contributed by atoms with Crippen LogP contribution in [0.3, 0.4) is 0 Å². The molecule has 1 aliphatic heterocycles. The SMILES string of the molecule is CC(C)(C)OC(=O)NCCCOc1ccc(CCc2nc(N3CCC[C@@H]3c3ccc(Cl)cc3)ncc2C(=O)O)cc1. The molecule has 0 bridgehead atoms. The van der Waals surface area contributed by atoms with E-state index in [0.29, 0.717) is 49.1 Å². The number of benzene rings is 2. The number of anilines is 1. The fourth-order valence-corrected chi connectivity index (χ4v) is 4.86. The average Bonchev–Trinajstić information content (AvgIpc) is 3.41. The lowest BCUT2D eigenvalue weighted by Gasteiger charge is -2.25. The first-order valence-corrected chi connectivity index (χ1v) is 14.3. The Kier molecular flexibility index (Phi) is 10.0. The molecule has 2 N–H and O–H groups in total. The van der Waals surface area contributed by atoms with Crippen LogP contribution in [0, 0.1) is 0 Å². The zero-order valence-electron chi connectivity index (χ0n) is 23.7. The molecular formula is C31H37ClN4O5. The number of hydrogen-bond acceptors (Lipinski definition) is 7. The molecule has 0 radical (unpaired) electrons. The Labute approximate surface area is 245 Å². The normalized spacial score (nSPS) is 15.0. The molecule has 0 aliphatic carbocycles. The zero-order chi connectivity index (χ0) is 29.4. The first kappa shape index (κ1) is 30.1. The second-order valence-corrected chi connectivity index (χ2v) is 11.4. The van der Waals surface area contributed by atoms with E-state index in [0.717, 1.165) is 36.3 Å². The molecule has 9 nitrogen and oxygen atoms in total. The van der Waals surface area contributed by atoms with Crippen LogP contribution in [0.15, 0.2) is 54.7 Å². The minimum absolute atomic E-state index is 0.121. The highest BCUT2D eigenvalue weighted by Gasteiger charge is 2.29. The van der Waals surface area contributed by atoms with Gasteiger partial charge in [-0.2, -0.15) is 0 Å². The van der Waals surface area contributed by atoms with E-state index in [4.69, 9.17) is 26.1 Å². The molecule has 0 unspecified atom stereocenters. The highest BCUT2D eigenvalue weighted by Crippen LogP contribution is 2.35. The molecule has 1 saturated heterocycles. The van der Waals surface area contributed by atoms with Crippen LogP contribution in [0.25, 0.3) is 0 Å². The number of halogens is 1. The summed E-state index contributed by atoms with van der Waals surface area (Å²) in [5.74, 6) is 0.239. The number of hydrogen-bond donors (Lipinski definition) is 2. The Hall–Kier alpha value is -3.85. The van der Waals surface area contributed by atoms with Gasteiger partial charge in [-0.05, 0) is 88.3 Å². The maximum Gasteiger partial charge on any atom is 0.407 e. The minimum atomic E-state index is -1.04. The summed E-state index contributed by atoms with van der Waals surface area (Å²) in [6.07, 6.45) is 4.68. The van der Waals surface area contributed by atoms with Crippen LogP contribution in [-0.4, -0.2) is 52.4 Å². The third-order valence-electron chi connectivity index (χ3n) is 6.68. The summed E-state index contributed by atoms with van der Waals surface area (Å²) in [5.41, 5.74) is 2.29. The summed E-state index contributed by atoms with van der Waals surface area (Å²) in [4.78, 5) is 34.9. The van der Waals surface area contributed by atoms with Crippen LogP contribution >= 0.6 is 11.6 Å². The van der Waals surface area contributed by atoms with Gasteiger partial charge in [-0.15, -0.1) is 0 Å². The van der Waals surface area contributed by atoms with Gasteiger partial charge in [0.15, 0.2) is 0 Å². The average molecular weight is 581 g/mol. The van der Waals surface area contributed by atoms with Crippen LogP contribution in [-0.2, 0) is 17.6 Å². The molecule has 4 rings (SSSR count). The fourth-order valence-electron chi connectivity index (χ4n) is 4.73. The number of ether oxygens (including phenoxy) is 2. The van der Waals surface area contributed by atoms with Crippen molar-refractivity contribution in [1.82, 2.24) is 15.3 Å². The number of amides is 1. The molecule has 1 atom stereocenters. The Bertz CT molecular complexity index is 1330. The predicted molar refractivity (Wildman–Crippen MR) is 158 cm³/mol. The molecule has 2 aromatic carbocycles. The number of alkyl carbamates (subject to hydrolysis) is 1. The molecule has 2 heterocycles. The van der Waals surface area contributed by atoms with Gasteiger partial charge in [-0.1, -0.05) is 35.9 Å². The van der Waals surface area contributed by atoms with E-state index in [1.165, 1.54) is 6.20 Å². The number of aromatic nitrogens is 2. The maximum absolute atomic E-state index is 11.9. The van der Waals surface area contributed by atoms with Crippen molar-refractivity contribution in [3.05, 3.63) is 82.1 Å². The van der Waals surface area contributed by atoms with Gasteiger partial charge in [0.2, 0.25) is 5.95 Å². The molecule has 1 aromatic heterocycles. The Morgan fingerprint density at radius 3 is 2.51 bits per heavy atom. The summed E-state index contributed by atoms with van der Waals surface area (Å²) in [7, 11) is 0. The molecular weight excluding hydrogens is 544 g/mol. The van der Waals surface area contributed by atoms with Crippen molar-refractivity contribution < 1.29 is 24.2 Å². The van der Waals surface area contributed by atoms with Crippen molar-refractivity contribution in [1.29, 1.82) is 0 Å². The molecule has 218 valence electrons. The number of aryl methyl sites for hydroxylation is 2. The third-order valence-corrected chi connectivity index (χ3v) is 6.93. The second kappa shape index (κ2) is 13.7. The molecule has 3 aromatic rings. The van der Waals surface area contributed by atoms with E-state index in [9.17, 15) is 14.7 Å². The van der Waals surface area contributed by atoms with Gasteiger partial charge in [0.25, 0.3) is 0 Å². The van der Waals surface area contributed by atoms with E-state index >= 15 is 0 Å². The number of carbonyl (C=O) groups excluding carboxylic acids is 1. The van der Waals surface area contributed by atoms with E-state index in [1.54, 1.807) is 0 Å². The van der Waals surface area contributed by atoms with Gasteiger partial charge < -0.3 is 24.8 Å². The van der Waals surface area contributed by atoms with Gasteiger partial charge in [0.1, 0.15) is 11.4 Å². The highest BCUT2D eigenvalue weighted by molar-refractivity contribution is 6.30. The predicted octanol–water partition coefficient (Wildman–Crippen LogP) is 6.25. The molecule has 1 amide bonds. The zero-order valence-corrected chi connectivity index (χ0v) is 24.5. The van der Waals surface area contributed by atoms with Crippen LogP contribution < -0.4 is 15.0 Å². The molecule has 0 saturated carbocycles. The summed E-state index contributed by atoms with van der Waals surface area (Å²) >= 11 is 6.08. The van der Waals surface area contributed by atoms with E-state index < -0.39 is 17.7 Å². The second-order valence-electron chi connectivity index (χ2n) is 11.0. The third kappa shape index (κ3) is 8.82. The smallest absolute Gasteiger partial charge is 0.407 e. The van der Waals surface area contributed by atoms with Crippen LogP contribution in [0.1, 0.15) is 73.3 Å². The number of aromatic carboxylic acids is 1. The largest absolute Gasteiger partial charge is 0.494 e. The van der Waals surface area contributed by atoms with Gasteiger partial charge in [0.05, 0.1) is 23.9 Å². The van der Waals surface area contributed by atoms with Crippen LogP contribution in [0.4, 0.5) is 10.7 Å². The number of nitrogens with one attached hydrogen (secondary N) is 1. The standard InChI is InChI=1S/C31H37ClN4O5/c1-31(2,3)41-30(39)33-17-5-19-40-24-14-7-21(8-15-24)9-16-26-25(28(37)38)20-34-29(35-26)36-18-4-6-27(36)22-10-12-23(32)13-11-22/h7-8,10-15,20,27H,4-6,9,16-19H2,1-3H3,(H,33,39)(H,37,38)/t27-/m1/s1. The lowest BCUT2D eigenvalue weighted by Crippen LogP contribution is -2.33. The summed E-state index contributed by atoms with van der Waals surface area (Å²) in [6.45, 7) is 7.18. The summed E-state index contributed by atoms with van der Waals surface area (Å²) in [5, 5.41) is 13.2. The molecule has 1 aliphatic rings. The minimum Gasteiger partial charge on any atom is -0.494 e. The molecule has 41 heavy (non-hydrogen) atoms. The summed E-state index contributed by atoms with van der Waals surface area (Å²) < 4.78 is 11.0. The Balaban J connectivity index is 1.32. The number of carboxylic acid groups (broad SMARTS) is 1. The first-order chi connectivity index (χ1) is 19.6. The maximum atomic E-state index is 11.9. The number of carboxylic acids is 1. The fraction of sp³-hybridized carbons (Fsp3) is 0.419. The lowest BCUT2D eigenvalue weighted by atomic mass is 10.0. The van der Waals surface area contributed by atoms with Crippen molar-refractivity contribution in [3.63, 3.8) is 0 Å². The van der Waals surface area contributed by atoms with Crippen molar-refractivity contribution in [2.75, 3.05) is 24.6 Å².